The largest absolute Gasteiger partial charge is 0.341 e. The maximum absolute atomic E-state index is 11.4. The standard InChI is InChI=1S/C11H23N3O/c1-4-13-9-5-7-10(8-6-9)14(3)11(15)12-2/h9-10,13H,4-8H2,1-3H3,(H,12,15). The number of hydrogen-bond acceptors (Lipinski definition) is 2. The Morgan fingerprint density at radius 1 is 1.33 bits per heavy atom. The van der Waals surface area contributed by atoms with Gasteiger partial charge in [-0.05, 0) is 32.2 Å². The Morgan fingerprint density at radius 2 is 1.93 bits per heavy atom. The van der Waals surface area contributed by atoms with Gasteiger partial charge in [-0.2, -0.15) is 0 Å². The zero-order chi connectivity index (χ0) is 11.3. The van der Waals surface area contributed by atoms with E-state index in [1.54, 1.807) is 7.05 Å². The van der Waals surface area contributed by atoms with Gasteiger partial charge in [0.1, 0.15) is 0 Å². The minimum Gasteiger partial charge on any atom is -0.341 e. The van der Waals surface area contributed by atoms with Gasteiger partial charge in [-0.3, -0.25) is 0 Å². The molecule has 0 unspecified atom stereocenters. The number of rotatable bonds is 3. The molecule has 4 heteroatoms. The maximum Gasteiger partial charge on any atom is 0.317 e. The summed E-state index contributed by atoms with van der Waals surface area (Å²) in [6.45, 7) is 3.18. The number of nitrogens with zero attached hydrogens (tertiary/aromatic N) is 1. The fourth-order valence-corrected chi connectivity index (χ4v) is 2.30. The van der Waals surface area contributed by atoms with Crippen molar-refractivity contribution in [1.82, 2.24) is 15.5 Å². The van der Waals surface area contributed by atoms with Gasteiger partial charge in [0.25, 0.3) is 0 Å². The minimum absolute atomic E-state index is 0.0295. The summed E-state index contributed by atoms with van der Waals surface area (Å²) in [6.07, 6.45) is 4.59. The second kappa shape index (κ2) is 5.95. The Hall–Kier alpha value is -0.770. The molecule has 0 saturated heterocycles. The summed E-state index contributed by atoms with van der Waals surface area (Å²) in [5.41, 5.74) is 0. The summed E-state index contributed by atoms with van der Waals surface area (Å²) in [5.74, 6) is 0. The van der Waals surface area contributed by atoms with E-state index in [4.69, 9.17) is 0 Å². The molecule has 1 rings (SSSR count). The van der Waals surface area contributed by atoms with Crippen molar-refractivity contribution in [2.24, 2.45) is 0 Å². The summed E-state index contributed by atoms with van der Waals surface area (Å²) in [5, 5.41) is 6.14. The molecule has 4 nitrogen and oxygen atoms in total. The first-order valence-electron chi connectivity index (χ1n) is 5.87. The predicted octanol–water partition coefficient (Wildman–Crippen LogP) is 1.18. The Balaban J connectivity index is 2.33. The highest BCUT2D eigenvalue weighted by atomic mass is 16.2. The van der Waals surface area contributed by atoms with Gasteiger partial charge in [0.05, 0.1) is 0 Å². The van der Waals surface area contributed by atoms with Crippen molar-refractivity contribution in [2.45, 2.75) is 44.7 Å². The van der Waals surface area contributed by atoms with Crippen LogP contribution in [0.3, 0.4) is 0 Å². The number of amides is 2. The van der Waals surface area contributed by atoms with E-state index in [0.717, 1.165) is 19.4 Å². The molecule has 0 aliphatic heterocycles. The van der Waals surface area contributed by atoms with E-state index in [9.17, 15) is 4.79 Å². The van der Waals surface area contributed by atoms with Gasteiger partial charge in [-0.25, -0.2) is 4.79 Å². The normalized spacial score (nSPS) is 26.1. The van der Waals surface area contributed by atoms with E-state index in [0.29, 0.717) is 12.1 Å². The van der Waals surface area contributed by atoms with E-state index in [-0.39, 0.29) is 6.03 Å². The van der Waals surface area contributed by atoms with Crippen LogP contribution in [0.5, 0.6) is 0 Å². The second-order valence-electron chi connectivity index (χ2n) is 4.23. The molecular weight excluding hydrogens is 190 g/mol. The lowest BCUT2D eigenvalue weighted by Crippen LogP contribution is -2.46. The van der Waals surface area contributed by atoms with Crippen LogP contribution in [0.4, 0.5) is 4.79 Å². The van der Waals surface area contributed by atoms with E-state index in [1.165, 1.54) is 12.8 Å². The smallest absolute Gasteiger partial charge is 0.317 e. The van der Waals surface area contributed by atoms with Gasteiger partial charge in [0.2, 0.25) is 0 Å². The van der Waals surface area contributed by atoms with Gasteiger partial charge in [0.15, 0.2) is 0 Å². The Labute approximate surface area is 92.4 Å². The SMILES string of the molecule is CCNC1CCC(N(C)C(=O)NC)CC1. The number of carbonyl (C=O) groups is 1. The van der Waals surface area contributed by atoms with Crippen molar-refractivity contribution >= 4 is 6.03 Å². The zero-order valence-corrected chi connectivity index (χ0v) is 10.0. The van der Waals surface area contributed by atoms with Crippen LogP contribution in [0, 0.1) is 0 Å². The van der Waals surface area contributed by atoms with E-state index in [1.807, 2.05) is 11.9 Å². The van der Waals surface area contributed by atoms with E-state index in [2.05, 4.69) is 17.6 Å². The summed E-state index contributed by atoms with van der Waals surface area (Å²) >= 11 is 0. The van der Waals surface area contributed by atoms with Crippen molar-refractivity contribution in [2.75, 3.05) is 20.6 Å². The average Bonchev–Trinajstić information content (AvgIpc) is 2.28. The second-order valence-corrected chi connectivity index (χ2v) is 4.23. The molecule has 0 aromatic heterocycles. The predicted molar refractivity (Wildman–Crippen MR) is 61.9 cm³/mol. The molecule has 15 heavy (non-hydrogen) atoms. The maximum atomic E-state index is 11.4. The average molecular weight is 213 g/mol. The first-order valence-corrected chi connectivity index (χ1v) is 5.87. The molecule has 0 aromatic rings. The molecule has 2 N–H and O–H groups in total. The van der Waals surface area contributed by atoms with Crippen molar-refractivity contribution in [1.29, 1.82) is 0 Å². The van der Waals surface area contributed by atoms with Crippen LogP contribution < -0.4 is 10.6 Å². The molecule has 0 atom stereocenters. The number of carbonyl (C=O) groups excluding carboxylic acids is 1. The fourth-order valence-electron chi connectivity index (χ4n) is 2.30. The third-order valence-corrected chi connectivity index (χ3v) is 3.27. The zero-order valence-electron chi connectivity index (χ0n) is 10.0. The van der Waals surface area contributed by atoms with Crippen LogP contribution in [0.15, 0.2) is 0 Å². The fraction of sp³-hybridized carbons (Fsp3) is 0.909. The first-order chi connectivity index (χ1) is 7.19. The van der Waals surface area contributed by atoms with Crippen LogP contribution >= 0.6 is 0 Å². The molecule has 0 spiro atoms. The van der Waals surface area contributed by atoms with Gasteiger partial charge < -0.3 is 15.5 Å². The number of urea groups is 1. The summed E-state index contributed by atoms with van der Waals surface area (Å²) in [6, 6.07) is 1.10. The van der Waals surface area contributed by atoms with Crippen molar-refractivity contribution in [3.63, 3.8) is 0 Å². The molecular formula is C11H23N3O. The van der Waals surface area contributed by atoms with Gasteiger partial charge >= 0.3 is 6.03 Å². The highest BCUT2D eigenvalue weighted by molar-refractivity contribution is 5.73. The molecule has 0 heterocycles. The monoisotopic (exact) mass is 213 g/mol. The molecule has 1 saturated carbocycles. The first kappa shape index (κ1) is 12.3. The van der Waals surface area contributed by atoms with Crippen LogP contribution in [-0.2, 0) is 0 Å². The molecule has 2 amide bonds. The van der Waals surface area contributed by atoms with Crippen molar-refractivity contribution in [3.05, 3.63) is 0 Å². The summed E-state index contributed by atoms with van der Waals surface area (Å²) in [4.78, 5) is 13.3. The Bertz CT molecular complexity index is 200. The van der Waals surface area contributed by atoms with E-state index < -0.39 is 0 Å². The third-order valence-electron chi connectivity index (χ3n) is 3.27. The number of hydrogen-bond donors (Lipinski definition) is 2. The van der Waals surface area contributed by atoms with Crippen molar-refractivity contribution in [3.8, 4) is 0 Å². The van der Waals surface area contributed by atoms with E-state index >= 15 is 0 Å². The molecule has 0 bridgehead atoms. The molecule has 88 valence electrons. The molecule has 0 aromatic carbocycles. The van der Waals surface area contributed by atoms with Crippen molar-refractivity contribution < 1.29 is 4.79 Å². The topological polar surface area (TPSA) is 44.4 Å². The van der Waals surface area contributed by atoms with Crippen LogP contribution in [0.1, 0.15) is 32.6 Å². The van der Waals surface area contributed by atoms with Gasteiger partial charge in [-0.1, -0.05) is 6.92 Å². The van der Waals surface area contributed by atoms with Gasteiger partial charge in [-0.15, -0.1) is 0 Å². The lowest BCUT2D eigenvalue weighted by molar-refractivity contribution is 0.168. The Morgan fingerprint density at radius 3 is 2.40 bits per heavy atom. The van der Waals surface area contributed by atoms with Crippen LogP contribution in [0.2, 0.25) is 0 Å². The third kappa shape index (κ3) is 3.38. The van der Waals surface area contributed by atoms with Gasteiger partial charge in [0, 0.05) is 26.2 Å². The Kier molecular flexibility index (Phi) is 4.88. The minimum atomic E-state index is 0.0295. The highest BCUT2D eigenvalue weighted by Crippen LogP contribution is 2.22. The quantitative estimate of drug-likeness (QED) is 0.739. The molecule has 1 aliphatic carbocycles. The summed E-state index contributed by atoms with van der Waals surface area (Å²) < 4.78 is 0. The van der Waals surface area contributed by atoms with Crippen LogP contribution in [-0.4, -0.2) is 43.7 Å². The number of nitrogens with one attached hydrogen (secondary N) is 2. The lowest BCUT2D eigenvalue weighted by Gasteiger charge is -2.34. The highest BCUT2D eigenvalue weighted by Gasteiger charge is 2.25. The summed E-state index contributed by atoms with van der Waals surface area (Å²) in [7, 11) is 3.57. The molecule has 0 radical (unpaired) electrons. The molecule has 1 fully saturated rings. The van der Waals surface area contributed by atoms with Crippen LogP contribution in [0.25, 0.3) is 0 Å². The molecule has 1 aliphatic rings. The lowest BCUT2D eigenvalue weighted by atomic mass is 9.90.